The molecule has 0 atom stereocenters. The first-order valence-corrected chi connectivity index (χ1v) is 5.92. The maximum absolute atomic E-state index is 10.9. The van der Waals surface area contributed by atoms with Crippen molar-refractivity contribution in [2.45, 2.75) is 6.92 Å². The van der Waals surface area contributed by atoms with Gasteiger partial charge in [-0.05, 0) is 30.2 Å². The molecule has 1 aromatic heterocycles. The summed E-state index contributed by atoms with van der Waals surface area (Å²) in [7, 11) is 0. The Balaban J connectivity index is 2.49. The quantitative estimate of drug-likeness (QED) is 0.875. The zero-order valence-corrected chi connectivity index (χ0v) is 10.1. The summed E-state index contributed by atoms with van der Waals surface area (Å²) in [6.07, 6.45) is 0. The van der Waals surface area contributed by atoms with E-state index in [1.807, 2.05) is 19.1 Å². The fourth-order valence-corrected chi connectivity index (χ4v) is 2.71. The Labute approximate surface area is 102 Å². The van der Waals surface area contributed by atoms with E-state index in [1.165, 1.54) is 11.3 Å². The molecule has 0 radical (unpaired) electrons. The second-order valence-electron chi connectivity index (χ2n) is 3.42. The van der Waals surface area contributed by atoms with Crippen molar-refractivity contribution in [1.29, 1.82) is 0 Å². The van der Waals surface area contributed by atoms with Crippen LogP contribution < -0.4 is 0 Å². The van der Waals surface area contributed by atoms with E-state index in [0.717, 1.165) is 16.0 Å². The molecule has 0 unspecified atom stereocenters. The molecule has 0 bridgehead atoms. The molecule has 4 heteroatoms. The summed E-state index contributed by atoms with van der Waals surface area (Å²) < 4.78 is 0. The highest BCUT2D eigenvalue weighted by Gasteiger charge is 2.14. The van der Waals surface area contributed by atoms with Crippen molar-refractivity contribution in [3.05, 3.63) is 45.8 Å². The third kappa shape index (κ3) is 1.96. The highest BCUT2D eigenvalue weighted by Crippen LogP contribution is 2.32. The summed E-state index contributed by atoms with van der Waals surface area (Å²) in [6.45, 7) is 1.82. The average molecular weight is 253 g/mol. The lowest BCUT2D eigenvalue weighted by Gasteiger charge is -2.00. The lowest BCUT2D eigenvalue weighted by Crippen LogP contribution is -1.95. The molecule has 82 valence electrons. The maximum atomic E-state index is 10.9. The minimum absolute atomic E-state index is 0.370. The molecule has 1 N–H and O–H groups in total. The van der Waals surface area contributed by atoms with Crippen LogP contribution in [0.1, 0.15) is 15.9 Å². The lowest BCUT2D eigenvalue weighted by molar-refractivity contribution is 0.0697. The molecule has 0 fully saturated rings. The van der Waals surface area contributed by atoms with E-state index < -0.39 is 5.97 Å². The van der Waals surface area contributed by atoms with Gasteiger partial charge in [-0.25, -0.2) is 4.79 Å². The predicted octanol–water partition coefficient (Wildman–Crippen LogP) is 4.08. The summed E-state index contributed by atoms with van der Waals surface area (Å²) >= 11 is 7.24. The number of carbonyl (C=O) groups is 1. The van der Waals surface area contributed by atoms with Crippen molar-refractivity contribution < 1.29 is 9.90 Å². The number of benzene rings is 1. The second kappa shape index (κ2) is 4.28. The standard InChI is InChI=1S/C12H9ClO2S/c1-7-10(12(14)15)6-16-11(7)8-2-4-9(13)5-3-8/h2-6H,1H3,(H,14,15). The van der Waals surface area contributed by atoms with Gasteiger partial charge < -0.3 is 5.11 Å². The highest BCUT2D eigenvalue weighted by atomic mass is 35.5. The molecule has 1 heterocycles. The number of thiophene rings is 1. The third-order valence-electron chi connectivity index (χ3n) is 2.38. The van der Waals surface area contributed by atoms with Gasteiger partial charge in [0.2, 0.25) is 0 Å². The summed E-state index contributed by atoms with van der Waals surface area (Å²) in [4.78, 5) is 11.9. The lowest BCUT2D eigenvalue weighted by atomic mass is 10.1. The topological polar surface area (TPSA) is 37.3 Å². The normalized spacial score (nSPS) is 10.4. The Hall–Kier alpha value is -1.32. The molecular weight excluding hydrogens is 244 g/mol. The van der Waals surface area contributed by atoms with Crippen LogP contribution in [0.4, 0.5) is 0 Å². The van der Waals surface area contributed by atoms with Gasteiger partial charge in [-0.2, -0.15) is 0 Å². The van der Waals surface area contributed by atoms with Crippen molar-refractivity contribution in [3.8, 4) is 10.4 Å². The Morgan fingerprint density at radius 3 is 2.44 bits per heavy atom. The molecule has 0 aliphatic rings. The average Bonchev–Trinajstić information content (AvgIpc) is 2.61. The van der Waals surface area contributed by atoms with Gasteiger partial charge in [-0.1, -0.05) is 23.7 Å². The first kappa shape index (κ1) is 11.2. The van der Waals surface area contributed by atoms with E-state index in [1.54, 1.807) is 17.5 Å². The van der Waals surface area contributed by atoms with Gasteiger partial charge in [-0.3, -0.25) is 0 Å². The summed E-state index contributed by atoms with van der Waals surface area (Å²) in [6, 6.07) is 7.40. The van der Waals surface area contributed by atoms with E-state index in [9.17, 15) is 4.79 Å². The van der Waals surface area contributed by atoms with Gasteiger partial charge in [0.15, 0.2) is 0 Å². The van der Waals surface area contributed by atoms with E-state index in [0.29, 0.717) is 10.6 Å². The van der Waals surface area contributed by atoms with Crippen molar-refractivity contribution in [3.63, 3.8) is 0 Å². The van der Waals surface area contributed by atoms with Crippen molar-refractivity contribution in [1.82, 2.24) is 0 Å². The van der Waals surface area contributed by atoms with E-state index in [2.05, 4.69) is 0 Å². The molecule has 0 aliphatic carbocycles. The van der Waals surface area contributed by atoms with Crippen LogP contribution in [0, 0.1) is 6.92 Å². The zero-order chi connectivity index (χ0) is 11.7. The van der Waals surface area contributed by atoms with Crippen LogP contribution >= 0.6 is 22.9 Å². The zero-order valence-electron chi connectivity index (χ0n) is 8.53. The fourth-order valence-electron chi connectivity index (χ4n) is 1.51. The van der Waals surface area contributed by atoms with Crippen molar-refractivity contribution in [2.24, 2.45) is 0 Å². The summed E-state index contributed by atoms with van der Waals surface area (Å²) in [5.41, 5.74) is 2.18. The van der Waals surface area contributed by atoms with Gasteiger partial charge >= 0.3 is 5.97 Å². The minimum Gasteiger partial charge on any atom is -0.478 e. The largest absolute Gasteiger partial charge is 0.478 e. The Kier molecular flexibility index (Phi) is 2.99. The van der Waals surface area contributed by atoms with Crippen molar-refractivity contribution in [2.75, 3.05) is 0 Å². The van der Waals surface area contributed by atoms with Crippen LogP contribution in [0.3, 0.4) is 0 Å². The molecule has 0 saturated carbocycles. The molecule has 0 spiro atoms. The number of carboxylic acids is 1. The smallest absolute Gasteiger partial charge is 0.336 e. The molecular formula is C12H9ClO2S. The van der Waals surface area contributed by atoms with Gasteiger partial charge in [-0.15, -0.1) is 11.3 Å². The Morgan fingerprint density at radius 1 is 1.31 bits per heavy atom. The molecule has 0 saturated heterocycles. The number of hydrogen-bond donors (Lipinski definition) is 1. The third-order valence-corrected chi connectivity index (χ3v) is 3.76. The summed E-state index contributed by atoms with van der Waals surface area (Å²) in [5.74, 6) is -0.881. The van der Waals surface area contributed by atoms with Crippen LogP contribution in [-0.4, -0.2) is 11.1 Å². The van der Waals surface area contributed by atoms with E-state index >= 15 is 0 Å². The summed E-state index contributed by atoms with van der Waals surface area (Å²) in [5, 5.41) is 11.3. The minimum atomic E-state index is -0.881. The number of hydrogen-bond acceptors (Lipinski definition) is 2. The predicted molar refractivity (Wildman–Crippen MR) is 66.5 cm³/mol. The SMILES string of the molecule is Cc1c(C(=O)O)csc1-c1ccc(Cl)cc1. The number of halogens is 1. The fraction of sp³-hybridized carbons (Fsp3) is 0.0833. The van der Waals surface area contributed by atoms with E-state index in [-0.39, 0.29) is 0 Å². The highest BCUT2D eigenvalue weighted by molar-refractivity contribution is 7.14. The van der Waals surface area contributed by atoms with Gasteiger partial charge in [0, 0.05) is 15.3 Å². The van der Waals surface area contributed by atoms with Gasteiger partial charge in [0.05, 0.1) is 5.56 Å². The molecule has 2 nitrogen and oxygen atoms in total. The number of rotatable bonds is 2. The monoisotopic (exact) mass is 252 g/mol. The first-order valence-electron chi connectivity index (χ1n) is 4.67. The van der Waals surface area contributed by atoms with Crippen molar-refractivity contribution >= 4 is 28.9 Å². The molecule has 1 aromatic carbocycles. The second-order valence-corrected chi connectivity index (χ2v) is 4.73. The Morgan fingerprint density at radius 2 is 1.94 bits per heavy atom. The number of carboxylic acid groups (broad SMARTS) is 1. The van der Waals surface area contributed by atoms with Crippen LogP contribution in [0.25, 0.3) is 10.4 Å². The molecule has 2 aromatic rings. The molecule has 0 amide bonds. The molecule has 2 rings (SSSR count). The van der Waals surface area contributed by atoms with Crippen LogP contribution in [0.15, 0.2) is 29.6 Å². The van der Waals surface area contributed by atoms with Gasteiger partial charge in [0.25, 0.3) is 0 Å². The Bertz CT molecular complexity index is 528. The molecule has 16 heavy (non-hydrogen) atoms. The van der Waals surface area contributed by atoms with E-state index in [4.69, 9.17) is 16.7 Å². The molecule has 0 aliphatic heterocycles. The maximum Gasteiger partial charge on any atom is 0.336 e. The first-order chi connectivity index (χ1) is 7.59. The van der Waals surface area contributed by atoms with Crippen LogP contribution in [0.5, 0.6) is 0 Å². The van der Waals surface area contributed by atoms with Crippen LogP contribution in [0.2, 0.25) is 5.02 Å². The van der Waals surface area contributed by atoms with Crippen LogP contribution in [-0.2, 0) is 0 Å². The number of aromatic carboxylic acids is 1. The van der Waals surface area contributed by atoms with Gasteiger partial charge in [0.1, 0.15) is 0 Å².